The first kappa shape index (κ1) is 17.7. The lowest BCUT2D eigenvalue weighted by molar-refractivity contribution is -0.136. The lowest BCUT2D eigenvalue weighted by Gasteiger charge is -2.37. The molecule has 1 aliphatic carbocycles. The Balaban J connectivity index is 0.00000200. The van der Waals surface area contributed by atoms with Crippen molar-refractivity contribution in [2.75, 3.05) is 19.7 Å². The second kappa shape index (κ2) is 8.85. The van der Waals surface area contributed by atoms with Gasteiger partial charge in [-0.15, -0.1) is 12.4 Å². The Morgan fingerprint density at radius 3 is 2.50 bits per heavy atom. The second-order valence-electron chi connectivity index (χ2n) is 6.13. The zero-order valence-electron chi connectivity index (χ0n) is 12.6. The molecule has 0 aromatic heterocycles. The van der Waals surface area contributed by atoms with E-state index in [-0.39, 0.29) is 24.4 Å². The summed E-state index contributed by atoms with van der Waals surface area (Å²) in [5.41, 5.74) is 5.55. The largest absolute Gasteiger partial charge is 0.376 e. The summed E-state index contributed by atoms with van der Waals surface area (Å²) >= 11 is 0. The van der Waals surface area contributed by atoms with E-state index in [1.54, 1.807) is 0 Å². The molecule has 0 radical (unpaired) electrons. The Kier molecular flexibility index (Phi) is 7.85. The SMILES string of the molecule is CC1CCC(N(CC2CCCO2)C(=O)CCN)CC1.Cl. The maximum Gasteiger partial charge on any atom is 0.224 e. The lowest BCUT2D eigenvalue weighted by atomic mass is 9.86. The zero-order chi connectivity index (χ0) is 13.7. The summed E-state index contributed by atoms with van der Waals surface area (Å²) in [5.74, 6) is 1.03. The summed E-state index contributed by atoms with van der Waals surface area (Å²) in [6.07, 6.45) is 7.71. The van der Waals surface area contributed by atoms with Gasteiger partial charge in [0.1, 0.15) is 0 Å². The second-order valence-corrected chi connectivity index (χ2v) is 6.13. The summed E-state index contributed by atoms with van der Waals surface area (Å²) in [6, 6.07) is 0.416. The number of amides is 1. The van der Waals surface area contributed by atoms with E-state index in [1.807, 2.05) is 0 Å². The molecule has 0 bridgehead atoms. The predicted octanol–water partition coefficient (Wildman–Crippen LogP) is 2.34. The van der Waals surface area contributed by atoms with Crippen molar-refractivity contribution in [3.05, 3.63) is 0 Å². The molecule has 20 heavy (non-hydrogen) atoms. The van der Waals surface area contributed by atoms with Gasteiger partial charge in [0.05, 0.1) is 6.10 Å². The summed E-state index contributed by atoms with van der Waals surface area (Å²) in [6.45, 7) is 4.38. The minimum atomic E-state index is 0. The molecule has 5 heteroatoms. The van der Waals surface area contributed by atoms with Gasteiger partial charge in [0.2, 0.25) is 5.91 Å². The first-order valence-corrected chi connectivity index (χ1v) is 7.82. The minimum absolute atomic E-state index is 0. The predicted molar refractivity (Wildman–Crippen MR) is 83.0 cm³/mol. The molecule has 1 saturated carbocycles. The van der Waals surface area contributed by atoms with Crippen LogP contribution in [-0.4, -0.2) is 42.6 Å². The first-order chi connectivity index (χ1) is 9.20. The van der Waals surface area contributed by atoms with Crippen LogP contribution in [0.2, 0.25) is 0 Å². The maximum atomic E-state index is 12.3. The molecule has 4 nitrogen and oxygen atoms in total. The van der Waals surface area contributed by atoms with E-state index in [1.165, 1.54) is 12.8 Å². The van der Waals surface area contributed by atoms with Crippen LogP contribution in [0.3, 0.4) is 0 Å². The number of carbonyl (C=O) groups excluding carboxylic acids is 1. The van der Waals surface area contributed by atoms with Crippen molar-refractivity contribution in [3.8, 4) is 0 Å². The standard InChI is InChI=1S/C15H28N2O2.ClH/c1-12-4-6-13(7-5-12)17(15(18)8-9-16)11-14-3-2-10-19-14;/h12-14H,2-11,16H2,1H3;1H. The minimum Gasteiger partial charge on any atom is -0.376 e. The molecule has 0 spiro atoms. The van der Waals surface area contributed by atoms with Gasteiger partial charge in [-0.1, -0.05) is 6.92 Å². The monoisotopic (exact) mass is 304 g/mol. The number of ether oxygens (including phenoxy) is 1. The molecule has 2 aliphatic rings. The number of nitrogens with two attached hydrogens (primary N) is 1. The van der Waals surface area contributed by atoms with Crippen LogP contribution in [0.5, 0.6) is 0 Å². The molecule has 1 heterocycles. The molecule has 2 N–H and O–H groups in total. The van der Waals surface area contributed by atoms with Crippen molar-refractivity contribution in [2.24, 2.45) is 11.7 Å². The zero-order valence-corrected chi connectivity index (χ0v) is 13.4. The smallest absolute Gasteiger partial charge is 0.224 e. The van der Waals surface area contributed by atoms with Crippen molar-refractivity contribution in [1.29, 1.82) is 0 Å². The van der Waals surface area contributed by atoms with E-state index in [4.69, 9.17) is 10.5 Å². The highest BCUT2D eigenvalue weighted by Crippen LogP contribution is 2.28. The molecule has 0 aromatic carbocycles. The summed E-state index contributed by atoms with van der Waals surface area (Å²) in [7, 11) is 0. The van der Waals surface area contributed by atoms with Crippen LogP contribution >= 0.6 is 12.4 Å². The highest BCUT2D eigenvalue weighted by atomic mass is 35.5. The Morgan fingerprint density at radius 1 is 1.25 bits per heavy atom. The number of halogens is 1. The third-order valence-corrected chi connectivity index (χ3v) is 4.53. The molecule has 0 aromatic rings. The molecule has 118 valence electrons. The first-order valence-electron chi connectivity index (χ1n) is 7.82. The third kappa shape index (κ3) is 4.90. The van der Waals surface area contributed by atoms with Gasteiger partial charge in [0.25, 0.3) is 0 Å². The molecule has 1 saturated heterocycles. The van der Waals surface area contributed by atoms with Crippen LogP contribution in [0.1, 0.15) is 51.9 Å². The molecule has 1 atom stereocenters. The number of nitrogens with zero attached hydrogens (tertiary/aromatic N) is 1. The summed E-state index contributed by atoms with van der Waals surface area (Å²) < 4.78 is 5.70. The van der Waals surface area contributed by atoms with E-state index in [2.05, 4.69) is 11.8 Å². The van der Waals surface area contributed by atoms with Crippen molar-refractivity contribution in [2.45, 2.75) is 64.0 Å². The summed E-state index contributed by atoms with van der Waals surface area (Å²) in [4.78, 5) is 14.4. The third-order valence-electron chi connectivity index (χ3n) is 4.53. The molecule has 1 amide bonds. The van der Waals surface area contributed by atoms with Crippen LogP contribution in [0, 0.1) is 5.92 Å². The van der Waals surface area contributed by atoms with Gasteiger partial charge in [-0.05, 0) is 44.4 Å². The Bertz CT molecular complexity index is 288. The fourth-order valence-corrected chi connectivity index (χ4v) is 3.28. The van der Waals surface area contributed by atoms with Gasteiger partial charge in [-0.3, -0.25) is 4.79 Å². The van der Waals surface area contributed by atoms with E-state index in [0.29, 0.717) is 19.0 Å². The van der Waals surface area contributed by atoms with Gasteiger partial charge in [0, 0.05) is 32.2 Å². The topological polar surface area (TPSA) is 55.6 Å². The van der Waals surface area contributed by atoms with Gasteiger partial charge >= 0.3 is 0 Å². The summed E-state index contributed by atoms with van der Waals surface area (Å²) in [5, 5.41) is 0. The quantitative estimate of drug-likeness (QED) is 0.848. The van der Waals surface area contributed by atoms with E-state index < -0.39 is 0 Å². The van der Waals surface area contributed by atoms with Crippen LogP contribution < -0.4 is 5.73 Å². The van der Waals surface area contributed by atoms with E-state index in [0.717, 1.165) is 44.8 Å². The Morgan fingerprint density at radius 2 is 1.95 bits per heavy atom. The molecule has 1 aliphatic heterocycles. The van der Waals surface area contributed by atoms with Crippen molar-refractivity contribution in [3.63, 3.8) is 0 Å². The Hall–Kier alpha value is -0.320. The average molecular weight is 305 g/mol. The highest BCUT2D eigenvalue weighted by molar-refractivity contribution is 5.85. The molecule has 2 rings (SSSR count). The van der Waals surface area contributed by atoms with Gasteiger partial charge < -0.3 is 15.4 Å². The van der Waals surface area contributed by atoms with Crippen molar-refractivity contribution >= 4 is 18.3 Å². The number of hydrogen-bond acceptors (Lipinski definition) is 3. The normalized spacial score (nSPS) is 29.8. The average Bonchev–Trinajstić information content (AvgIpc) is 2.90. The lowest BCUT2D eigenvalue weighted by Crippen LogP contribution is -2.46. The molecular formula is C15H29ClN2O2. The molecular weight excluding hydrogens is 276 g/mol. The molecule has 1 unspecified atom stereocenters. The van der Waals surface area contributed by atoms with Crippen molar-refractivity contribution in [1.82, 2.24) is 4.90 Å². The van der Waals surface area contributed by atoms with Crippen LogP contribution in [-0.2, 0) is 9.53 Å². The van der Waals surface area contributed by atoms with E-state index in [9.17, 15) is 4.79 Å². The Labute approximate surface area is 128 Å². The van der Waals surface area contributed by atoms with Crippen molar-refractivity contribution < 1.29 is 9.53 Å². The fourth-order valence-electron chi connectivity index (χ4n) is 3.28. The maximum absolute atomic E-state index is 12.3. The van der Waals surface area contributed by atoms with Gasteiger partial charge in [-0.25, -0.2) is 0 Å². The van der Waals surface area contributed by atoms with Gasteiger partial charge in [0.15, 0.2) is 0 Å². The van der Waals surface area contributed by atoms with Crippen LogP contribution in [0.25, 0.3) is 0 Å². The molecule has 2 fully saturated rings. The highest BCUT2D eigenvalue weighted by Gasteiger charge is 2.30. The van der Waals surface area contributed by atoms with Crippen LogP contribution in [0.4, 0.5) is 0 Å². The van der Waals surface area contributed by atoms with Gasteiger partial charge in [-0.2, -0.15) is 0 Å². The number of hydrogen-bond donors (Lipinski definition) is 1. The van der Waals surface area contributed by atoms with Crippen LogP contribution in [0.15, 0.2) is 0 Å². The number of rotatable bonds is 5. The fraction of sp³-hybridized carbons (Fsp3) is 0.933. The number of carbonyl (C=O) groups is 1. The van der Waals surface area contributed by atoms with E-state index >= 15 is 0 Å².